The lowest BCUT2D eigenvalue weighted by molar-refractivity contribution is 0.119. The molecule has 2 rings (SSSR count). The van der Waals surface area contributed by atoms with Crippen LogP contribution in [0.15, 0.2) is 24.3 Å². The standard InChI is InChI=1S/C18H25N3O2S/c1-11-13(3)24-16(19-11)18(4,5)21-17(22)20-15-9-7-8-14(10-15)12(2)23-6/h7-10,12H,1-6H3,(H2,20,21,22)/t12-/m1/s1. The van der Waals surface area contributed by atoms with Gasteiger partial charge in [-0.2, -0.15) is 0 Å². The molecule has 1 aromatic carbocycles. The molecule has 0 aliphatic rings. The Hall–Kier alpha value is -1.92. The SMILES string of the molecule is CO[C@H](C)c1cccc(NC(=O)NC(C)(C)c2nc(C)c(C)s2)c1. The molecule has 0 aliphatic carbocycles. The summed E-state index contributed by atoms with van der Waals surface area (Å²) in [6.07, 6.45) is -0.0208. The molecule has 0 fully saturated rings. The molecule has 0 radical (unpaired) electrons. The number of rotatable bonds is 5. The fraction of sp³-hybridized carbons (Fsp3) is 0.444. The number of carbonyl (C=O) groups is 1. The van der Waals surface area contributed by atoms with Crippen molar-refractivity contribution >= 4 is 23.1 Å². The molecule has 1 heterocycles. The largest absolute Gasteiger partial charge is 0.377 e. The summed E-state index contributed by atoms with van der Waals surface area (Å²) in [5.74, 6) is 0. The van der Waals surface area contributed by atoms with Gasteiger partial charge in [-0.15, -0.1) is 11.3 Å². The van der Waals surface area contributed by atoms with Gasteiger partial charge in [0, 0.05) is 17.7 Å². The van der Waals surface area contributed by atoms with Crippen molar-refractivity contribution in [2.45, 2.75) is 46.3 Å². The van der Waals surface area contributed by atoms with Crippen LogP contribution in [0.3, 0.4) is 0 Å². The first-order valence-electron chi connectivity index (χ1n) is 7.89. The number of benzene rings is 1. The predicted molar refractivity (Wildman–Crippen MR) is 98.6 cm³/mol. The van der Waals surface area contributed by atoms with E-state index in [2.05, 4.69) is 15.6 Å². The Morgan fingerprint density at radius 2 is 2.04 bits per heavy atom. The molecule has 1 aromatic heterocycles. The van der Waals surface area contributed by atoms with Crippen LogP contribution in [-0.2, 0) is 10.3 Å². The number of amides is 2. The zero-order chi connectivity index (χ0) is 17.9. The van der Waals surface area contributed by atoms with E-state index in [0.717, 1.165) is 22.0 Å². The molecule has 0 unspecified atom stereocenters. The van der Waals surface area contributed by atoms with Crippen molar-refractivity contribution in [3.63, 3.8) is 0 Å². The summed E-state index contributed by atoms with van der Waals surface area (Å²) in [7, 11) is 1.66. The zero-order valence-electron chi connectivity index (χ0n) is 15.1. The number of methoxy groups -OCH3 is 1. The highest BCUT2D eigenvalue weighted by Gasteiger charge is 2.27. The normalized spacial score (nSPS) is 12.8. The Morgan fingerprint density at radius 1 is 1.33 bits per heavy atom. The molecule has 0 aliphatic heterocycles. The molecular weight excluding hydrogens is 322 g/mol. The number of aryl methyl sites for hydroxylation is 2. The van der Waals surface area contributed by atoms with Crippen LogP contribution in [0, 0.1) is 13.8 Å². The first kappa shape index (κ1) is 18.4. The van der Waals surface area contributed by atoms with E-state index in [-0.39, 0.29) is 12.1 Å². The van der Waals surface area contributed by atoms with Gasteiger partial charge in [0.1, 0.15) is 5.01 Å². The number of hydrogen-bond acceptors (Lipinski definition) is 4. The van der Waals surface area contributed by atoms with Gasteiger partial charge in [0.05, 0.1) is 17.3 Å². The van der Waals surface area contributed by atoms with Gasteiger partial charge in [-0.05, 0) is 52.3 Å². The molecule has 2 amide bonds. The molecule has 24 heavy (non-hydrogen) atoms. The zero-order valence-corrected chi connectivity index (χ0v) is 15.9. The lowest BCUT2D eigenvalue weighted by atomic mass is 10.1. The summed E-state index contributed by atoms with van der Waals surface area (Å²) < 4.78 is 5.31. The Morgan fingerprint density at radius 3 is 2.62 bits per heavy atom. The molecule has 0 saturated carbocycles. The molecule has 6 heteroatoms. The fourth-order valence-electron chi connectivity index (χ4n) is 2.25. The van der Waals surface area contributed by atoms with Gasteiger partial charge in [0.15, 0.2) is 0 Å². The molecule has 0 bridgehead atoms. The van der Waals surface area contributed by atoms with Gasteiger partial charge in [0.25, 0.3) is 0 Å². The first-order chi connectivity index (χ1) is 11.2. The van der Waals surface area contributed by atoms with Gasteiger partial charge in [0.2, 0.25) is 0 Å². The van der Waals surface area contributed by atoms with Gasteiger partial charge in [-0.25, -0.2) is 9.78 Å². The van der Waals surface area contributed by atoms with Gasteiger partial charge < -0.3 is 15.4 Å². The van der Waals surface area contributed by atoms with Gasteiger partial charge >= 0.3 is 6.03 Å². The molecule has 130 valence electrons. The number of hydrogen-bond donors (Lipinski definition) is 2. The number of ether oxygens (including phenoxy) is 1. The minimum Gasteiger partial charge on any atom is -0.377 e. The van der Waals surface area contributed by atoms with E-state index in [4.69, 9.17) is 4.74 Å². The lowest BCUT2D eigenvalue weighted by Crippen LogP contribution is -2.43. The highest BCUT2D eigenvalue weighted by atomic mass is 32.1. The third-order valence-electron chi connectivity index (χ3n) is 3.96. The molecule has 5 nitrogen and oxygen atoms in total. The van der Waals surface area contributed by atoms with Crippen LogP contribution in [0.2, 0.25) is 0 Å². The van der Waals surface area contributed by atoms with Crippen LogP contribution < -0.4 is 10.6 Å². The molecule has 2 aromatic rings. The number of nitrogens with one attached hydrogen (secondary N) is 2. The summed E-state index contributed by atoms with van der Waals surface area (Å²) in [4.78, 5) is 18.1. The van der Waals surface area contributed by atoms with E-state index in [1.165, 1.54) is 4.88 Å². The second-order valence-electron chi connectivity index (χ2n) is 6.37. The molecule has 0 saturated heterocycles. The van der Waals surface area contributed by atoms with Crippen molar-refractivity contribution in [2.75, 3.05) is 12.4 Å². The predicted octanol–water partition coefficient (Wildman–Crippen LogP) is 4.52. The lowest BCUT2D eigenvalue weighted by Gasteiger charge is -2.24. The maximum atomic E-state index is 12.4. The molecular formula is C18H25N3O2S. The average molecular weight is 347 g/mol. The summed E-state index contributed by atoms with van der Waals surface area (Å²) >= 11 is 1.61. The third-order valence-corrected chi connectivity index (χ3v) is 5.35. The monoisotopic (exact) mass is 347 g/mol. The first-order valence-corrected chi connectivity index (χ1v) is 8.71. The summed E-state index contributed by atoms with van der Waals surface area (Å²) in [5, 5.41) is 6.77. The second-order valence-corrected chi connectivity index (χ2v) is 7.57. The van der Waals surface area contributed by atoms with E-state index in [1.807, 2.05) is 58.9 Å². The number of thiazole rings is 1. The molecule has 1 atom stereocenters. The van der Waals surface area contributed by atoms with Crippen LogP contribution in [0.25, 0.3) is 0 Å². The highest BCUT2D eigenvalue weighted by Crippen LogP contribution is 2.27. The van der Waals surface area contributed by atoms with Crippen molar-refractivity contribution < 1.29 is 9.53 Å². The smallest absolute Gasteiger partial charge is 0.319 e. The maximum absolute atomic E-state index is 12.4. The van der Waals surface area contributed by atoms with Crippen molar-refractivity contribution in [3.8, 4) is 0 Å². The minimum absolute atomic E-state index is 0.0208. The van der Waals surface area contributed by atoms with Gasteiger partial charge in [-0.1, -0.05) is 12.1 Å². The second kappa shape index (κ2) is 7.32. The van der Waals surface area contributed by atoms with Gasteiger partial charge in [-0.3, -0.25) is 0 Å². The Balaban J connectivity index is 2.07. The van der Waals surface area contributed by atoms with Crippen LogP contribution in [0.1, 0.15) is 48.0 Å². The van der Waals surface area contributed by atoms with Crippen LogP contribution >= 0.6 is 11.3 Å². The van der Waals surface area contributed by atoms with E-state index >= 15 is 0 Å². The van der Waals surface area contributed by atoms with E-state index in [0.29, 0.717) is 0 Å². The van der Waals surface area contributed by atoms with E-state index < -0.39 is 5.54 Å². The van der Waals surface area contributed by atoms with Crippen molar-refractivity contribution in [1.82, 2.24) is 10.3 Å². The Labute approximate surface area is 147 Å². The maximum Gasteiger partial charge on any atom is 0.319 e. The van der Waals surface area contributed by atoms with Crippen LogP contribution in [-0.4, -0.2) is 18.1 Å². The molecule has 2 N–H and O–H groups in total. The van der Waals surface area contributed by atoms with Crippen LogP contribution in [0.5, 0.6) is 0 Å². The third kappa shape index (κ3) is 4.33. The van der Waals surface area contributed by atoms with Crippen molar-refractivity contribution in [2.24, 2.45) is 0 Å². The number of carbonyl (C=O) groups excluding carboxylic acids is 1. The fourth-order valence-corrected chi connectivity index (χ4v) is 3.22. The number of aromatic nitrogens is 1. The summed E-state index contributed by atoms with van der Waals surface area (Å²) in [6, 6.07) is 7.39. The summed E-state index contributed by atoms with van der Waals surface area (Å²) in [6.45, 7) is 9.89. The Kier molecular flexibility index (Phi) is 5.62. The van der Waals surface area contributed by atoms with Crippen molar-refractivity contribution in [1.29, 1.82) is 0 Å². The minimum atomic E-state index is -0.537. The van der Waals surface area contributed by atoms with E-state index in [1.54, 1.807) is 18.4 Å². The molecule has 0 spiro atoms. The number of urea groups is 1. The number of anilines is 1. The van der Waals surface area contributed by atoms with Crippen LogP contribution in [0.4, 0.5) is 10.5 Å². The Bertz CT molecular complexity index is 705. The van der Waals surface area contributed by atoms with Crippen molar-refractivity contribution in [3.05, 3.63) is 45.4 Å². The summed E-state index contributed by atoms with van der Waals surface area (Å²) in [5.41, 5.74) is 2.22. The van der Waals surface area contributed by atoms with E-state index in [9.17, 15) is 4.79 Å². The topological polar surface area (TPSA) is 63.2 Å². The quantitative estimate of drug-likeness (QED) is 0.835. The average Bonchev–Trinajstić information content (AvgIpc) is 2.86. The number of nitrogens with zero attached hydrogens (tertiary/aromatic N) is 1. The highest BCUT2D eigenvalue weighted by molar-refractivity contribution is 7.11.